The van der Waals surface area contributed by atoms with E-state index in [1.807, 2.05) is 6.07 Å². The zero-order valence-electron chi connectivity index (χ0n) is 13.2. The van der Waals surface area contributed by atoms with Crippen LogP contribution in [0.15, 0.2) is 35.5 Å². The number of guanidine groups is 1. The molecule has 0 aliphatic carbocycles. The van der Waals surface area contributed by atoms with Gasteiger partial charge in [-0.1, -0.05) is 6.07 Å². The average Bonchev–Trinajstić information content (AvgIpc) is 2.93. The maximum atomic E-state index is 13.1. The molecule has 2 N–H and O–H groups in total. The molecule has 0 radical (unpaired) electrons. The van der Waals surface area contributed by atoms with Gasteiger partial charge in [0.2, 0.25) is 0 Å². The first-order chi connectivity index (χ1) is 11.3. The third-order valence-electron chi connectivity index (χ3n) is 3.41. The van der Waals surface area contributed by atoms with Crippen LogP contribution in [0.3, 0.4) is 0 Å². The molecule has 9 heteroatoms. The normalized spacial score (nSPS) is 12.3. The Balaban J connectivity index is 2.02. The Labute approximate surface area is 136 Å². The van der Waals surface area contributed by atoms with E-state index < -0.39 is 17.6 Å². The van der Waals surface area contributed by atoms with Gasteiger partial charge in [-0.2, -0.15) is 18.3 Å². The lowest BCUT2D eigenvalue weighted by atomic mass is 10.1. The van der Waals surface area contributed by atoms with E-state index in [0.29, 0.717) is 18.6 Å². The van der Waals surface area contributed by atoms with Crippen LogP contribution in [0, 0.1) is 5.82 Å². The fourth-order valence-electron chi connectivity index (χ4n) is 2.12. The van der Waals surface area contributed by atoms with Crippen LogP contribution < -0.4 is 10.6 Å². The van der Waals surface area contributed by atoms with Crippen molar-refractivity contribution in [3.05, 3.63) is 53.1 Å². The minimum absolute atomic E-state index is 0.0626. The Hall–Kier alpha value is -2.58. The summed E-state index contributed by atoms with van der Waals surface area (Å²) >= 11 is 0. The van der Waals surface area contributed by atoms with E-state index in [-0.39, 0.29) is 12.1 Å². The Bertz CT molecular complexity index is 721. The SMILES string of the molecule is CN=C(NCc1ccc(F)cc1C(F)(F)F)NCc1ccnn1C. The number of aryl methyl sites for hydroxylation is 1. The molecule has 0 spiro atoms. The van der Waals surface area contributed by atoms with Crippen LogP contribution in [-0.4, -0.2) is 22.8 Å². The molecule has 2 aromatic rings. The van der Waals surface area contributed by atoms with Gasteiger partial charge in [-0.15, -0.1) is 0 Å². The van der Waals surface area contributed by atoms with E-state index in [1.165, 1.54) is 7.05 Å². The molecule has 0 aliphatic heterocycles. The Morgan fingerprint density at radius 1 is 1.21 bits per heavy atom. The summed E-state index contributed by atoms with van der Waals surface area (Å²) in [6, 6.07) is 4.41. The van der Waals surface area contributed by atoms with E-state index in [1.54, 1.807) is 17.9 Å². The van der Waals surface area contributed by atoms with E-state index in [9.17, 15) is 17.6 Å². The zero-order chi connectivity index (χ0) is 17.7. The van der Waals surface area contributed by atoms with Gasteiger partial charge in [0.25, 0.3) is 0 Å². The van der Waals surface area contributed by atoms with Crippen molar-refractivity contribution in [2.45, 2.75) is 19.3 Å². The van der Waals surface area contributed by atoms with Gasteiger partial charge in [-0.3, -0.25) is 9.67 Å². The third kappa shape index (κ3) is 4.46. The van der Waals surface area contributed by atoms with E-state index in [4.69, 9.17) is 0 Å². The maximum absolute atomic E-state index is 13.1. The highest BCUT2D eigenvalue weighted by Gasteiger charge is 2.33. The molecule has 0 saturated heterocycles. The first-order valence-electron chi connectivity index (χ1n) is 7.08. The predicted molar refractivity (Wildman–Crippen MR) is 81.6 cm³/mol. The van der Waals surface area contributed by atoms with E-state index >= 15 is 0 Å². The molecule has 0 amide bonds. The Morgan fingerprint density at radius 3 is 2.50 bits per heavy atom. The second-order valence-electron chi connectivity index (χ2n) is 5.02. The molecule has 1 aromatic heterocycles. The van der Waals surface area contributed by atoms with Gasteiger partial charge < -0.3 is 10.6 Å². The van der Waals surface area contributed by atoms with Crippen LogP contribution in [0.4, 0.5) is 17.6 Å². The topological polar surface area (TPSA) is 54.2 Å². The summed E-state index contributed by atoms with van der Waals surface area (Å²) in [5.41, 5.74) is -0.180. The summed E-state index contributed by atoms with van der Waals surface area (Å²) in [7, 11) is 3.29. The summed E-state index contributed by atoms with van der Waals surface area (Å²) in [6.07, 6.45) is -2.98. The number of halogens is 4. The summed E-state index contributed by atoms with van der Waals surface area (Å²) in [4.78, 5) is 3.95. The van der Waals surface area contributed by atoms with Crippen molar-refractivity contribution < 1.29 is 17.6 Å². The highest BCUT2D eigenvalue weighted by molar-refractivity contribution is 5.79. The summed E-state index contributed by atoms with van der Waals surface area (Å²) in [5.74, 6) is -0.599. The standard InChI is InChI=1S/C15H17F4N5/c1-20-14(22-9-12-5-6-23-24(12)2)21-8-10-3-4-11(16)7-13(10)15(17,18)19/h3-7H,8-9H2,1-2H3,(H2,20,21,22). The van der Waals surface area contributed by atoms with Gasteiger partial charge in [-0.05, 0) is 23.8 Å². The molecule has 0 atom stereocenters. The molecule has 24 heavy (non-hydrogen) atoms. The fourth-order valence-corrected chi connectivity index (χ4v) is 2.12. The van der Waals surface area contributed by atoms with Crippen LogP contribution >= 0.6 is 0 Å². The van der Waals surface area contributed by atoms with Crippen LogP contribution in [0.5, 0.6) is 0 Å². The molecule has 0 fully saturated rings. The quantitative estimate of drug-likeness (QED) is 0.509. The Kier molecular flexibility index (Phi) is 5.42. The Morgan fingerprint density at radius 2 is 1.92 bits per heavy atom. The smallest absolute Gasteiger partial charge is 0.352 e. The van der Waals surface area contributed by atoms with Crippen LogP contribution in [-0.2, 0) is 26.3 Å². The predicted octanol–water partition coefficient (Wildman–Crippen LogP) is 2.44. The molecule has 2 rings (SSSR count). The van der Waals surface area contributed by atoms with Crippen LogP contribution in [0.1, 0.15) is 16.8 Å². The van der Waals surface area contributed by atoms with Crippen molar-refractivity contribution in [2.75, 3.05) is 7.05 Å². The van der Waals surface area contributed by atoms with Crippen molar-refractivity contribution >= 4 is 5.96 Å². The number of alkyl halides is 3. The molecule has 0 bridgehead atoms. The number of nitrogens with zero attached hydrogens (tertiary/aromatic N) is 3. The number of aromatic nitrogens is 2. The first kappa shape index (κ1) is 17.8. The van der Waals surface area contributed by atoms with Gasteiger partial charge in [0.1, 0.15) is 5.82 Å². The second-order valence-corrected chi connectivity index (χ2v) is 5.02. The third-order valence-corrected chi connectivity index (χ3v) is 3.41. The molecular formula is C15H17F4N5. The van der Waals surface area contributed by atoms with Gasteiger partial charge >= 0.3 is 6.18 Å². The number of aliphatic imine (C=N–C) groups is 1. The van der Waals surface area contributed by atoms with Crippen molar-refractivity contribution in [2.24, 2.45) is 12.0 Å². The van der Waals surface area contributed by atoms with E-state index in [0.717, 1.165) is 17.8 Å². The van der Waals surface area contributed by atoms with Crippen LogP contribution in [0.2, 0.25) is 0 Å². The molecule has 0 unspecified atom stereocenters. The number of nitrogens with one attached hydrogen (secondary N) is 2. The molecule has 0 saturated carbocycles. The molecule has 0 aliphatic rings. The van der Waals surface area contributed by atoms with Crippen molar-refractivity contribution in [1.82, 2.24) is 20.4 Å². The maximum Gasteiger partial charge on any atom is 0.416 e. The van der Waals surface area contributed by atoms with Gasteiger partial charge in [0, 0.05) is 26.8 Å². The minimum atomic E-state index is -4.62. The lowest BCUT2D eigenvalue weighted by Crippen LogP contribution is -2.37. The highest BCUT2D eigenvalue weighted by atomic mass is 19.4. The lowest BCUT2D eigenvalue weighted by Gasteiger charge is -2.16. The van der Waals surface area contributed by atoms with Gasteiger partial charge in [0.15, 0.2) is 5.96 Å². The highest BCUT2D eigenvalue weighted by Crippen LogP contribution is 2.32. The molecule has 1 aromatic carbocycles. The van der Waals surface area contributed by atoms with Crippen LogP contribution in [0.25, 0.3) is 0 Å². The average molecular weight is 343 g/mol. The van der Waals surface area contributed by atoms with Gasteiger partial charge in [0.05, 0.1) is 17.8 Å². The number of rotatable bonds is 4. The monoisotopic (exact) mass is 343 g/mol. The summed E-state index contributed by atoms with van der Waals surface area (Å²) in [5, 5.41) is 9.78. The number of benzene rings is 1. The fraction of sp³-hybridized carbons (Fsp3) is 0.333. The van der Waals surface area contributed by atoms with Gasteiger partial charge in [-0.25, -0.2) is 4.39 Å². The second kappa shape index (κ2) is 7.33. The number of hydrogen-bond acceptors (Lipinski definition) is 2. The minimum Gasteiger partial charge on any atom is -0.352 e. The number of hydrogen-bond donors (Lipinski definition) is 2. The van der Waals surface area contributed by atoms with Crippen molar-refractivity contribution in [1.29, 1.82) is 0 Å². The van der Waals surface area contributed by atoms with Crippen molar-refractivity contribution in [3.8, 4) is 0 Å². The molecule has 5 nitrogen and oxygen atoms in total. The molecular weight excluding hydrogens is 326 g/mol. The van der Waals surface area contributed by atoms with Crippen molar-refractivity contribution in [3.63, 3.8) is 0 Å². The van der Waals surface area contributed by atoms with E-state index in [2.05, 4.69) is 20.7 Å². The summed E-state index contributed by atoms with van der Waals surface area (Å²) < 4.78 is 53.7. The molecule has 130 valence electrons. The summed E-state index contributed by atoms with van der Waals surface area (Å²) in [6.45, 7) is 0.270. The zero-order valence-corrected chi connectivity index (χ0v) is 13.2. The largest absolute Gasteiger partial charge is 0.416 e. The molecule has 1 heterocycles. The lowest BCUT2D eigenvalue weighted by molar-refractivity contribution is -0.138. The first-order valence-corrected chi connectivity index (χ1v) is 7.08.